The van der Waals surface area contributed by atoms with Gasteiger partial charge in [-0.05, 0) is 44.4 Å². The maximum atomic E-state index is 11.7. The lowest BCUT2D eigenvalue weighted by Gasteiger charge is -2.45. The Kier molecular flexibility index (Phi) is 2.77. The van der Waals surface area contributed by atoms with Crippen LogP contribution in [0.4, 0.5) is 0 Å². The molecule has 0 aromatic carbocycles. The molecule has 0 amide bonds. The molecule has 3 aliphatic carbocycles. The van der Waals surface area contributed by atoms with Crippen molar-refractivity contribution in [2.75, 3.05) is 6.61 Å². The Bertz CT molecular complexity index is 219. The van der Waals surface area contributed by atoms with Crippen LogP contribution in [0.1, 0.15) is 32.6 Å². The van der Waals surface area contributed by atoms with Crippen molar-refractivity contribution >= 4 is 5.97 Å². The van der Waals surface area contributed by atoms with Crippen LogP contribution >= 0.6 is 0 Å². The number of ether oxygens (including phenoxy) is 1. The zero-order valence-electron chi connectivity index (χ0n) is 8.74. The van der Waals surface area contributed by atoms with Gasteiger partial charge in [-0.25, -0.2) is 0 Å². The van der Waals surface area contributed by atoms with Crippen LogP contribution in [0.5, 0.6) is 0 Å². The molecule has 2 bridgehead atoms. The molecule has 3 aliphatic rings. The summed E-state index contributed by atoms with van der Waals surface area (Å²) in [6.07, 6.45) is 4.76. The molecule has 0 aromatic rings. The molecule has 0 saturated heterocycles. The quantitative estimate of drug-likeness (QED) is 0.679. The van der Waals surface area contributed by atoms with E-state index in [1.165, 1.54) is 25.7 Å². The first-order valence-corrected chi connectivity index (χ1v) is 5.66. The lowest BCUT2D eigenvalue weighted by atomic mass is 9.62. The van der Waals surface area contributed by atoms with Gasteiger partial charge in [0.05, 0.1) is 12.5 Å². The fourth-order valence-corrected chi connectivity index (χ4v) is 3.08. The van der Waals surface area contributed by atoms with Gasteiger partial charge in [-0.3, -0.25) is 4.79 Å². The Hall–Kier alpha value is -0.570. The Morgan fingerprint density at radius 3 is 2.36 bits per heavy atom. The van der Waals surface area contributed by atoms with Crippen molar-refractivity contribution in [1.29, 1.82) is 0 Å². The van der Waals surface area contributed by atoms with Crippen molar-refractivity contribution in [3.05, 3.63) is 0 Å². The average Bonchev–Trinajstić information content (AvgIpc) is 2.19. The second-order valence-electron chi connectivity index (χ2n) is 4.53. The van der Waals surface area contributed by atoms with Gasteiger partial charge < -0.3 is 10.5 Å². The maximum Gasteiger partial charge on any atom is 0.310 e. The number of hydrogen-bond acceptors (Lipinski definition) is 3. The van der Waals surface area contributed by atoms with Crippen molar-refractivity contribution in [3.63, 3.8) is 0 Å². The smallest absolute Gasteiger partial charge is 0.310 e. The summed E-state index contributed by atoms with van der Waals surface area (Å²) in [5.41, 5.74) is 6.09. The molecule has 80 valence electrons. The topological polar surface area (TPSA) is 52.3 Å². The second kappa shape index (κ2) is 3.89. The number of carbonyl (C=O) groups is 1. The number of esters is 1. The summed E-state index contributed by atoms with van der Waals surface area (Å²) < 4.78 is 5.09. The van der Waals surface area contributed by atoms with Gasteiger partial charge in [-0.1, -0.05) is 0 Å². The Morgan fingerprint density at radius 2 is 1.86 bits per heavy atom. The van der Waals surface area contributed by atoms with Gasteiger partial charge in [0, 0.05) is 6.04 Å². The van der Waals surface area contributed by atoms with E-state index in [2.05, 4.69) is 0 Å². The van der Waals surface area contributed by atoms with Crippen molar-refractivity contribution in [1.82, 2.24) is 0 Å². The molecule has 2 atom stereocenters. The minimum absolute atomic E-state index is 0.0116. The van der Waals surface area contributed by atoms with Crippen molar-refractivity contribution < 1.29 is 9.53 Å². The van der Waals surface area contributed by atoms with E-state index in [0.717, 1.165) is 0 Å². The Balaban J connectivity index is 2.06. The van der Waals surface area contributed by atoms with Gasteiger partial charge in [0.25, 0.3) is 0 Å². The normalized spacial score (nSPS) is 41.0. The van der Waals surface area contributed by atoms with Crippen molar-refractivity contribution in [2.45, 2.75) is 38.6 Å². The highest BCUT2D eigenvalue weighted by atomic mass is 16.5. The van der Waals surface area contributed by atoms with Gasteiger partial charge in [0.1, 0.15) is 0 Å². The number of fused-ring (bicyclic) bond motifs is 3. The van der Waals surface area contributed by atoms with Crippen LogP contribution in [0, 0.1) is 17.8 Å². The standard InChI is InChI=1S/C11H19NO2/c1-2-14-11(13)9-7-3-5-8(6-4-7)10(9)12/h7-10H,2-6,12H2,1H3/t7-,8+,9?,10-/m0/s1. The monoisotopic (exact) mass is 197 g/mol. The minimum Gasteiger partial charge on any atom is -0.466 e. The molecule has 14 heavy (non-hydrogen) atoms. The predicted octanol–water partition coefficient (Wildman–Crippen LogP) is 1.31. The first-order valence-electron chi connectivity index (χ1n) is 5.66. The first-order chi connectivity index (χ1) is 6.74. The van der Waals surface area contributed by atoms with E-state index >= 15 is 0 Å². The van der Waals surface area contributed by atoms with Crippen molar-refractivity contribution in [2.24, 2.45) is 23.5 Å². The van der Waals surface area contributed by atoms with Crippen molar-refractivity contribution in [3.8, 4) is 0 Å². The number of rotatable bonds is 2. The molecule has 0 heterocycles. The summed E-state index contributed by atoms with van der Waals surface area (Å²) in [7, 11) is 0. The highest BCUT2D eigenvalue weighted by molar-refractivity contribution is 5.74. The fourth-order valence-electron chi connectivity index (χ4n) is 3.08. The summed E-state index contributed by atoms with van der Waals surface area (Å²) in [5.74, 6) is 0.986. The Morgan fingerprint density at radius 1 is 1.29 bits per heavy atom. The highest BCUT2D eigenvalue weighted by Gasteiger charge is 2.45. The number of nitrogens with two attached hydrogens (primary N) is 1. The molecule has 3 rings (SSSR count). The average molecular weight is 197 g/mol. The van der Waals surface area contributed by atoms with Crippen LogP contribution in [0.2, 0.25) is 0 Å². The molecule has 2 N–H and O–H groups in total. The molecule has 3 saturated carbocycles. The zero-order chi connectivity index (χ0) is 10.1. The maximum absolute atomic E-state index is 11.7. The number of hydrogen-bond donors (Lipinski definition) is 1. The van der Waals surface area contributed by atoms with E-state index in [1.807, 2.05) is 6.92 Å². The van der Waals surface area contributed by atoms with E-state index in [9.17, 15) is 4.79 Å². The third kappa shape index (κ3) is 1.54. The van der Waals surface area contributed by atoms with Gasteiger partial charge in [-0.2, -0.15) is 0 Å². The summed E-state index contributed by atoms with van der Waals surface area (Å²) in [4.78, 5) is 11.7. The van der Waals surface area contributed by atoms with Gasteiger partial charge in [0.2, 0.25) is 0 Å². The fraction of sp³-hybridized carbons (Fsp3) is 0.909. The SMILES string of the molecule is CCOC(=O)C1[C@H]2CC[C@H](CC2)[C@@H]1N. The molecule has 0 spiro atoms. The Labute approximate surface area is 85.0 Å². The van der Waals surface area contributed by atoms with Crippen LogP contribution in [-0.4, -0.2) is 18.6 Å². The third-order valence-electron chi connectivity index (χ3n) is 3.84. The number of carbonyl (C=O) groups excluding carboxylic acids is 1. The van der Waals surface area contributed by atoms with E-state index in [4.69, 9.17) is 10.5 Å². The summed E-state index contributed by atoms with van der Waals surface area (Å²) in [6, 6.07) is 0.0570. The molecular formula is C11H19NO2. The van der Waals surface area contributed by atoms with Crippen LogP contribution in [0.15, 0.2) is 0 Å². The third-order valence-corrected chi connectivity index (χ3v) is 3.84. The van der Waals surface area contributed by atoms with Crippen LogP contribution in [-0.2, 0) is 9.53 Å². The largest absolute Gasteiger partial charge is 0.466 e. The van der Waals surface area contributed by atoms with Crippen LogP contribution < -0.4 is 5.73 Å². The highest BCUT2D eigenvalue weighted by Crippen LogP contribution is 2.44. The lowest BCUT2D eigenvalue weighted by Crippen LogP contribution is -2.52. The van der Waals surface area contributed by atoms with Gasteiger partial charge in [-0.15, -0.1) is 0 Å². The predicted molar refractivity (Wildman–Crippen MR) is 53.5 cm³/mol. The van der Waals surface area contributed by atoms with E-state index < -0.39 is 0 Å². The summed E-state index contributed by atoms with van der Waals surface area (Å²) in [5, 5.41) is 0. The molecule has 3 fully saturated rings. The van der Waals surface area contributed by atoms with E-state index in [0.29, 0.717) is 18.4 Å². The summed E-state index contributed by atoms with van der Waals surface area (Å²) in [6.45, 7) is 2.32. The molecule has 3 heteroatoms. The van der Waals surface area contributed by atoms with Gasteiger partial charge in [0.15, 0.2) is 0 Å². The molecule has 1 unspecified atom stereocenters. The molecule has 3 nitrogen and oxygen atoms in total. The zero-order valence-corrected chi connectivity index (χ0v) is 8.74. The first kappa shape index (κ1) is 9.97. The molecule has 0 aromatic heterocycles. The van der Waals surface area contributed by atoms with Crippen LogP contribution in [0.25, 0.3) is 0 Å². The lowest BCUT2D eigenvalue weighted by molar-refractivity contribution is -0.155. The second-order valence-corrected chi connectivity index (χ2v) is 4.53. The summed E-state index contributed by atoms with van der Waals surface area (Å²) >= 11 is 0. The molecular weight excluding hydrogens is 178 g/mol. The van der Waals surface area contributed by atoms with Gasteiger partial charge >= 0.3 is 5.97 Å². The van der Waals surface area contributed by atoms with E-state index in [-0.39, 0.29) is 17.9 Å². The van der Waals surface area contributed by atoms with E-state index in [1.54, 1.807) is 0 Å². The van der Waals surface area contributed by atoms with Crippen LogP contribution in [0.3, 0.4) is 0 Å². The molecule has 0 radical (unpaired) electrons. The molecule has 0 aliphatic heterocycles. The minimum atomic E-state index is -0.0607.